The van der Waals surface area contributed by atoms with E-state index in [9.17, 15) is 0 Å². The van der Waals surface area contributed by atoms with Crippen molar-refractivity contribution in [1.82, 2.24) is 0 Å². The van der Waals surface area contributed by atoms with Crippen LogP contribution in [0.25, 0.3) is 0 Å². The fraction of sp³-hybridized carbons (Fsp3) is 0.400. The molecule has 0 heterocycles. The number of halogens is 1. The molecule has 2 aromatic rings. The van der Waals surface area contributed by atoms with Crippen LogP contribution >= 0.6 is 26.3 Å². The van der Waals surface area contributed by atoms with Gasteiger partial charge in [0, 0.05) is 0 Å². The minimum atomic E-state index is -2.12. The molecule has 22 heavy (non-hydrogen) atoms. The van der Waals surface area contributed by atoms with Crippen molar-refractivity contribution >= 4 is 36.9 Å². The summed E-state index contributed by atoms with van der Waals surface area (Å²) >= 11 is 2.92. The zero-order chi connectivity index (χ0) is 15.9. The van der Waals surface area contributed by atoms with Gasteiger partial charge < -0.3 is 0 Å². The molecule has 0 aliphatic carbocycles. The van der Waals surface area contributed by atoms with Crippen LogP contribution in [0.1, 0.15) is 39.5 Å². The van der Waals surface area contributed by atoms with Crippen LogP contribution in [0.5, 0.6) is 0 Å². The average molecular weight is 426 g/mol. The van der Waals surface area contributed by atoms with Gasteiger partial charge in [0.1, 0.15) is 0 Å². The van der Waals surface area contributed by atoms with Gasteiger partial charge in [0.25, 0.3) is 0 Å². The van der Waals surface area contributed by atoms with Crippen molar-refractivity contribution < 1.29 is 0 Å². The molecule has 0 spiro atoms. The average Bonchev–Trinajstić information content (AvgIpc) is 2.60. The zero-order valence-corrected chi connectivity index (χ0v) is 16.9. The molecular formula is C20H28IP. The number of rotatable bonds is 8. The number of unbranched alkanes of at least 4 members (excludes halogenated alkanes) is 2. The summed E-state index contributed by atoms with van der Waals surface area (Å²) in [7, 11) is 0. The van der Waals surface area contributed by atoms with E-state index in [1.54, 1.807) is 10.6 Å². The molecule has 0 N–H and O–H groups in total. The number of benzene rings is 2. The number of hydrogen-bond donors (Lipinski definition) is 0. The monoisotopic (exact) mass is 426 g/mol. The summed E-state index contributed by atoms with van der Waals surface area (Å²) in [6.45, 7) is 4.63. The molecule has 0 nitrogen and oxygen atoms in total. The Bertz CT molecular complexity index is 513. The van der Waals surface area contributed by atoms with Crippen LogP contribution < -0.4 is 10.6 Å². The predicted octanol–water partition coefficient (Wildman–Crippen LogP) is 6.14. The standard InChI is InChI=1S/C20H28IP/c1-3-5-17-22(21,18-6-4-2,19-13-9-7-10-14-19)20-15-11-8-12-16-20/h7-16H,3-6,17-18H2,1-2H3. The van der Waals surface area contributed by atoms with Crippen LogP contribution in [0.15, 0.2) is 60.7 Å². The molecule has 0 amide bonds. The summed E-state index contributed by atoms with van der Waals surface area (Å²) in [5.41, 5.74) is 0. The Morgan fingerprint density at radius 1 is 0.682 bits per heavy atom. The van der Waals surface area contributed by atoms with Crippen LogP contribution in [0, 0.1) is 0 Å². The summed E-state index contributed by atoms with van der Waals surface area (Å²) in [5.74, 6) is 0. The molecule has 0 fully saturated rings. The summed E-state index contributed by atoms with van der Waals surface area (Å²) in [6.07, 6.45) is 7.83. The van der Waals surface area contributed by atoms with Gasteiger partial charge in [0.05, 0.1) is 0 Å². The summed E-state index contributed by atoms with van der Waals surface area (Å²) in [6, 6.07) is 22.7. The van der Waals surface area contributed by atoms with E-state index in [-0.39, 0.29) is 0 Å². The first-order valence-electron chi connectivity index (χ1n) is 8.48. The van der Waals surface area contributed by atoms with E-state index in [4.69, 9.17) is 0 Å². The van der Waals surface area contributed by atoms with Crippen LogP contribution in [0.3, 0.4) is 0 Å². The Morgan fingerprint density at radius 3 is 1.36 bits per heavy atom. The molecule has 0 atom stereocenters. The van der Waals surface area contributed by atoms with Crippen LogP contribution in [-0.4, -0.2) is 12.3 Å². The van der Waals surface area contributed by atoms with Gasteiger partial charge in [-0.1, -0.05) is 0 Å². The Kier molecular flexibility index (Phi) is 6.46. The van der Waals surface area contributed by atoms with Gasteiger partial charge in [0.15, 0.2) is 0 Å². The molecule has 0 aliphatic rings. The molecule has 0 aromatic heterocycles. The first-order valence-corrected chi connectivity index (χ1v) is 13.9. The molecule has 2 heteroatoms. The maximum absolute atomic E-state index is 2.92. The molecule has 0 bridgehead atoms. The molecule has 0 unspecified atom stereocenters. The van der Waals surface area contributed by atoms with Crippen molar-refractivity contribution in [3.05, 3.63) is 60.7 Å². The van der Waals surface area contributed by atoms with Gasteiger partial charge in [-0.15, -0.1) is 0 Å². The van der Waals surface area contributed by atoms with Crippen molar-refractivity contribution in [2.45, 2.75) is 39.5 Å². The molecule has 0 saturated carbocycles. The second-order valence-electron chi connectivity index (χ2n) is 6.20. The SMILES string of the molecule is CCCCP(I)(CCCC)(c1ccccc1)c1ccccc1. The topological polar surface area (TPSA) is 0 Å². The van der Waals surface area contributed by atoms with Crippen molar-refractivity contribution in [2.75, 3.05) is 12.3 Å². The van der Waals surface area contributed by atoms with E-state index in [1.165, 1.54) is 38.0 Å². The fourth-order valence-electron chi connectivity index (χ4n) is 3.29. The second-order valence-corrected chi connectivity index (χ2v) is 17.9. The van der Waals surface area contributed by atoms with Crippen molar-refractivity contribution in [2.24, 2.45) is 0 Å². The van der Waals surface area contributed by atoms with E-state index < -0.39 is 4.25 Å². The predicted molar refractivity (Wildman–Crippen MR) is 113 cm³/mol. The zero-order valence-electron chi connectivity index (χ0n) is 13.8. The third-order valence-electron chi connectivity index (χ3n) is 4.65. The molecular weight excluding hydrogens is 398 g/mol. The molecule has 120 valence electrons. The molecule has 0 radical (unpaired) electrons. The molecule has 0 saturated heterocycles. The van der Waals surface area contributed by atoms with Crippen molar-refractivity contribution in [3.63, 3.8) is 0 Å². The van der Waals surface area contributed by atoms with Crippen LogP contribution in [0.4, 0.5) is 0 Å². The van der Waals surface area contributed by atoms with Gasteiger partial charge >= 0.3 is 149 Å². The Morgan fingerprint density at radius 2 is 1.05 bits per heavy atom. The normalized spacial score (nSPS) is 13.5. The summed E-state index contributed by atoms with van der Waals surface area (Å²) in [5, 5.41) is 3.17. The van der Waals surface area contributed by atoms with Crippen molar-refractivity contribution in [3.8, 4) is 0 Å². The third kappa shape index (κ3) is 3.57. The van der Waals surface area contributed by atoms with Gasteiger partial charge in [-0.25, -0.2) is 0 Å². The van der Waals surface area contributed by atoms with Gasteiger partial charge in [0.2, 0.25) is 0 Å². The van der Waals surface area contributed by atoms with E-state index in [1.807, 2.05) is 0 Å². The Hall–Kier alpha value is -0.400. The van der Waals surface area contributed by atoms with Gasteiger partial charge in [-0.05, 0) is 0 Å². The fourth-order valence-corrected chi connectivity index (χ4v) is 12.5. The Labute approximate surface area is 149 Å². The van der Waals surface area contributed by atoms with Crippen LogP contribution in [0.2, 0.25) is 0 Å². The second kappa shape index (κ2) is 7.93. The molecule has 0 aliphatic heterocycles. The van der Waals surface area contributed by atoms with Gasteiger partial charge in [-0.2, -0.15) is 0 Å². The summed E-state index contributed by atoms with van der Waals surface area (Å²) < 4.78 is -2.12. The molecule has 2 aromatic carbocycles. The van der Waals surface area contributed by atoms with E-state index in [0.29, 0.717) is 0 Å². The summed E-state index contributed by atoms with van der Waals surface area (Å²) in [4.78, 5) is 0. The van der Waals surface area contributed by atoms with Crippen molar-refractivity contribution in [1.29, 1.82) is 0 Å². The van der Waals surface area contributed by atoms with E-state index in [0.717, 1.165) is 0 Å². The third-order valence-corrected chi connectivity index (χ3v) is 16.3. The minimum absolute atomic E-state index is 1.27. The van der Waals surface area contributed by atoms with E-state index in [2.05, 4.69) is 96.6 Å². The quantitative estimate of drug-likeness (QED) is 0.351. The maximum atomic E-state index is 2.92. The number of hydrogen-bond acceptors (Lipinski definition) is 0. The van der Waals surface area contributed by atoms with E-state index >= 15 is 0 Å². The first kappa shape index (κ1) is 17.9. The van der Waals surface area contributed by atoms with Gasteiger partial charge in [-0.3, -0.25) is 0 Å². The van der Waals surface area contributed by atoms with Crippen LogP contribution in [-0.2, 0) is 0 Å². The Balaban J connectivity index is 2.63. The molecule has 2 rings (SSSR count). The first-order chi connectivity index (χ1) is 10.6.